The molecule has 0 saturated carbocycles. The number of nitrogens with zero attached hydrogens (tertiary/aromatic N) is 1. The fourth-order valence-electron chi connectivity index (χ4n) is 2.43. The zero-order chi connectivity index (χ0) is 15.6. The summed E-state index contributed by atoms with van der Waals surface area (Å²) in [7, 11) is -3.11. The third-order valence-electron chi connectivity index (χ3n) is 3.44. The largest absolute Gasteiger partial charge is 0.480 e. The van der Waals surface area contributed by atoms with Gasteiger partial charge in [0.15, 0.2) is 9.84 Å². The van der Waals surface area contributed by atoms with Crippen molar-refractivity contribution in [1.29, 1.82) is 0 Å². The number of benzene rings is 1. The molecule has 1 aliphatic rings. The van der Waals surface area contributed by atoms with Gasteiger partial charge in [0, 0.05) is 17.1 Å². The van der Waals surface area contributed by atoms with Crippen LogP contribution >= 0.6 is 15.9 Å². The predicted molar refractivity (Wildman–Crippen MR) is 79.2 cm³/mol. The van der Waals surface area contributed by atoms with E-state index in [2.05, 4.69) is 15.9 Å². The first-order valence-corrected chi connectivity index (χ1v) is 8.98. The SMILES string of the molecule is O=C(O)CN(Cc1cc(F)ccc1Br)C1CCS(=O)(=O)C1. The highest BCUT2D eigenvalue weighted by molar-refractivity contribution is 9.10. The van der Waals surface area contributed by atoms with E-state index in [9.17, 15) is 17.6 Å². The van der Waals surface area contributed by atoms with Crippen LogP contribution < -0.4 is 0 Å². The first-order chi connectivity index (χ1) is 9.77. The number of carboxylic acid groups (broad SMARTS) is 1. The molecule has 1 aromatic carbocycles. The van der Waals surface area contributed by atoms with Crippen molar-refractivity contribution in [2.75, 3.05) is 18.1 Å². The van der Waals surface area contributed by atoms with Gasteiger partial charge in [0.25, 0.3) is 0 Å². The van der Waals surface area contributed by atoms with E-state index in [1.807, 2.05) is 0 Å². The lowest BCUT2D eigenvalue weighted by Gasteiger charge is -2.26. The van der Waals surface area contributed by atoms with Gasteiger partial charge in [0.1, 0.15) is 5.82 Å². The molecule has 0 spiro atoms. The molecule has 0 radical (unpaired) electrons. The second kappa shape index (κ2) is 6.41. The Balaban J connectivity index is 2.20. The lowest BCUT2D eigenvalue weighted by atomic mass is 10.1. The summed E-state index contributed by atoms with van der Waals surface area (Å²) in [6, 6.07) is 3.83. The van der Waals surface area contributed by atoms with Gasteiger partial charge in [-0.25, -0.2) is 12.8 Å². The first-order valence-electron chi connectivity index (χ1n) is 6.37. The number of carboxylic acids is 1. The third kappa shape index (κ3) is 4.49. The topological polar surface area (TPSA) is 74.7 Å². The Morgan fingerprint density at radius 2 is 2.19 bits per heavy atom. The van der Waals surface area contributed by atoms with E-state index in [4.69, 9.17) is 5.11 Å². The van der Waals surface area contributed by atoms with Crippen LogP contribution in [0.2, 0.25) is 0 Å². The molecule has 8 heteroatoms. The molecule has 1 fully saturated rings. The van der Waals surface area contributed by atoms with Gasteiger partial charge in [-0.15, -0.1) is 0 Å². The molecule has 1 unspecified atom stereocenters. The van der Waals surface area contributed by atoms with Crippen molar-refractivity contribution in [2.24, 2.45) is 0 Å². The van der Waals surface area contributed by atoms with E-state index in [0.717, 1.165) is 0 Å². The number of rotatable bonds is 5. The van der Waals surface area contributed by atoms with Gasteiger partial charge < -0.3 is 5.11 Å². The normalized spacial score (nSPS) is 20.8. The molecule has 1 N–H and O–H groups in total. The summed E-state index contributed by atoms with van der Waals surface area (Å²) in [4.78, 5) is 12.6. The summed E-state index contributed by atoms with van der Waals surface area (Å²) in [6.45, 7) is -0.0893. The average molecular weight is 380 g/mol. The van der Waals surface area contributed by atoms with Crippen molar-refractivity contribution in [3.63, 3.8) is 0 Å². The van der Waals surface area contributed by atoms with Gasteiger partial charge >= 0.3 is 5.97 Å². The zero-order valence-corrected chi connectivity index (χ0v) is 13.5. The van der Waals surface area contributed by atoms with Crippen molar-refractivity contribution < 1.29 is 22.7 Å². The van der Waals surface area contributed by atoms with Gasteiger partial charge in [-0.2, -0.15) is 0 Å². The number of carbonyl (C=O) groups is 1. The van der Waals surface area contributed by atoms with Crippen molar-refractivity contribution in [3.05, 3.63) is 34.1 Å². The number of sulfone groups is 1. The molecule has 1 atom stereocenters. The van der Waals surface area contributed by atoms with Crippen LogP contribution in [-0.4, -0.2) is 48.5 Å². The van der Waals surface area contributed by atoms with Crippen molar-refractivity contribution in [2.45, 2.75) is 19.0 Å². The molecule has 0 amide bonds. The highest BCUT2D eigenvalue weighted by Crippen LogP contribution is 2.24. The maximum absolute atomic E-state index is 13.3. The molecule has 0 aliphatic carbocycles. The predicted octanol–water partition coefficient (Wildman–Crippen LogP) is 1.66. The second-order valence-corrected chi connectivity index (χ2v) is 8.17. The summed E-state index contributed by atoms with van der Waals surface area (Å²) in [5.41, 5.74) is 0.598. The summed E-state index contributed by atoms with van der Waals surface area (Å²) in [5, 5.41) is 9.00. The van der Waals surface area contributed by atoms with Crippen molar-refractivity contribution in [1.82, 2.24) is 4.90 Å². The molecule has 1 heterocycles. The Morgan fingerprint density at radius 3 is 2.76 bits per heavy atom. The van der Waals surface area contributed by atoms with E-state index in [0.29, 0.717) is 16.5 Å². The maximum atomic E-state index is 13.3. The Bertz CT molecular complexity index is 650. The van der Waals surface area contributed by atoms with Gasteiger partial charge in [0.05, 0.1) is 18.1 Å². The molecular formula is C13H15BrFNO4S. The Morgan fingerprint density at radius 1 is 1.48 bits per heavy atom. The minimum Gasteiger partial charge on any atom is -0.480 e. The summed E-state index contributed by atoms with van der Waals surface area (Å²) in [6.07, 6.45) is 0.405. The van der Waals surface area contributed by atoms with E-state index in [1.165, 1.54) is 12.1 Å². The standard InChI is InChI=1S/C13H15BrFNO4S/c14-12-2-1-10(15)5-9(12)6-16(7-13(17)18)11-3-4-21(19,20)8-11/h1-2,5,11H,3-4,6-8H2,(H,17,18). The van der Waals surface area contributed by atoms with Gasteiger partial charge in [-0.3, -0.25) is 9.69 Å². The Kier molecular flexibility index (Phi) is 5.00. The number of halogens is 2. The zero-order valence-electron chi connectivity index (χ0n) is 11.1. The van der Waals surface area contributed by atoms with E-state index in [-0.39, 0.29) is 30.6 Å². The van der Waals surface area contributed by atoms with E-state index < -0.39 is 21.6 Å². The van der Waals surface area contributed by atoms with Crippen molar-refractivity contribution >= 4 is 31.7 Å². The number of hydrogen-bond acceptors (Lipinski definition) is 4. The van der Waals surface area contributed by atoms with Crippen LogP contribution in [0.1, 0.15) is 12.0 Å². The smallest absolute Gasteiger partial charge is 0.317 e. The van der Waals surface area contributed by atoms with Crippen molar-refractivity contribution in [3.8, 4) is 0 Å². The average Bonchev–Trinajstić information content (AvgIpc) is 2.73. The molecule has 0 aromatic heterocycles. The molecule has 5 nitrogen and oxygen atoms in total. The summed E-state index contributed by atoms with van der Waals surface area (Å²) < 4.78 is 37.1. The van der Waals surface area contributed by atoms with Crippen LogP contribution in [0.15, 0.2) is 22.7 Å². The van der Waals surface area contributed by atoms with Crippen LogP contribution in [0.3, 0.4) is 0 Å². The minimum absolute atomic E-state index is 0.0484. The Hall–Kier alpha value is -0.990. The van der Waals surface area contributed by atoms with Gasteiger partial charge in [-0.1, -0.05) is 15.9 Å². The quantitative estimate of drug-likeness (QED) is 0.841. The number of aliphatic carboxylic acids is 1. The Labute approximate surface area is 130 Å². The van der Waals surface area contributed by atoms with Crippen LogP contribution in [0.25, 0.3) is 0 Å². The molecule has 0 bridgehead atoms. The highest BCUT2D eigenvalue weighted by Gasteiger charge is 2.33. The van der Waals surface area contributed by atoms with E-state index in [1.54, 1.807) is 11.0 Å². The molecule has 21 heavy (non-hydrogen) atoms. The maximum Gasteiger partial charge on any atom is 0.317 e. The summed E-state index contributed by atoms with van der Waals surface area (Å²) >= 11 is 3.30. The van der Waals surface area contributed by atoms with Crippen LogP contribution in [-0.2, 0) is 21.2 Å². The molecule has 1 saturated heterocycles. The third-order valence-corrected chi connectivity index (χ3v) is 5.97. The molecule has 1 aromatic rings. The fraction of sp³-hybridized carbons (Fsp3) is 0.462. The molecule has 1 aliphatic heterocycles. The van der Waals surface area contributed by atoms with Gasteiger partial charge in [0.2, 0.25) is 0 Å². The first kappa shape index (κ1) is 16.4. The second-order valence-electron chi connectivity index (χ2n) is 5.09. The van der Waals surface area contributed by atoms with Crippen LogP contribution in [0.5, 0.6) is 0 Å². The number of hydrogen-bond donors (Lipinski definition) is 1. The van der Waals surface area contributed by atoms with E-state index >= 15 is 0 Å². The van der Waals surface area contributed by atoms with Gasteiger partial charge in [-0.05, 0) is 30.2 Å². The summed E-state index contributed by atoms with van der Waals surface area (Å²) in [5.74, 6) is -1.43. The highest BCUT2D eigenvalue weighted by atomic mass is 79.9. The van der Waals surface area contributed by atoms with Crippen LogP contribution in [0, 0.1) is 5.82 Å². The lowest BCUT2D eigenvalue weighted by molar-refractivity contribution is -0.139. The fourth-order valence-corrected chi connectivity index (χ4v) is 4.57. The minimum atomic E-state index is -3.11. The van der Waals surface area contributed by atoms with Crippen LogP contribution in [0.4, 0.5) is 4.39 Å². The monoisotopic (exact) mass is 379 g/mol. The molecule has 116 valence electrons. The lowest BCUT2D eigenvalue weighted by Crippen LogP contribution is -2.39. The molecular weight excluding hydrogens is 365 g/mol. The molecule has 2 rings (SSSR count).